The molecule has 1 rings (SSSR count). The van der Waals surface area contributed by atoms with Gasteiger partial charge in [0, 0.05) is 32.1 Å². The molecule has 100 valence electrons. The number of carbonyl (C=O) groups excluding carboxylic acids is 1. The summed E-state index contributed by atoms with van der Waals surface area (Å²) in [5, 5.41) is 0. The standard InChI is InChI=1S/C13H27N3O/c1-3-16(4-2)13(17)8-6-10-15-9-5-7-12(14)11-15/h12H,3-11,14H2,1-2H3. The normalized spacial score (nSPS) is 21.5. The van der Waals surface area contributed by atoms with Gasteiger partial charge >= 0.3 is 0 Å². The van der Waals surface area contributed by atoms with Crippen LogP contribution < -0.4 is 5.73 Å². The molecule has 0 aromatic rings. The Kier molecular flexibility index (Phi) is 6.52. The zero-order valence-corrected chi connectivity index (χ0v) is 11.3. The summed E-state index contributed by atoms with van der Waals surface area (Å²) < 4.78 is 0. The van der Waals surface area contributed by atoms with E-state index < -0.39 is 0 Å². The third kappa shape index (κ3) is 5.04. The molecule has 0 bridgehead atoms. The monoisotopic (exact) mass is 241 g/mol. The van der Waals surface area contributed by atoms with E-state index in [0.717, 1.165) is 45.6 Å². The highest BCUT2D eigenvalue weighted by Gasteiger charge is 2.16. The number of nitrogens with two attached hydrogens (primary N) is 1. The van der Waals surface area contributed by atoms with Crippen molar-refractivity contribution in [2.75, 3.05) is 32.7 Å². The van der Waals surface area contributed by atoms with Crippen molar-refractivity contribution in [1.82, 2.24) is 9.80 Å². The van der Waals surface area contributed by atoms with Crippen LogP contribution in [0.3, 0.4) is 0 Å². The van der Waals surface area contributed by atoms with Crippen molar-refractivity contribution in [3.05, 3.63) is 0 Å². The molecule has 1 atom stereocenters. The molecule has 0 aromatic heterocycles. The molecular formula is C13H27N3O. The molecule has 1 heterocycles. The Balaban J connectivity index is 2.16. The Bertz CT molecular complexity index is 229. The van der Waals surface area contributed by atoms with Crippen molar-refractivity contribution in [2.24, 2.45) is 5.73 Å². The summed E-state index contributed by atoms with van der Waals surface area (Å²) in [5.74, 6) is 0.288. The first-order chi connectivity index (χ1) is 8.17. The topological polar surface area (TPSA) is 49.6 Å². The molecule has 0 aliphatic carbocycles. The van der Waals surface area contributed by atoms with E-state index in [0.29, 0.717) is 12.5 Å². The highest BCUT2D eigenvalue weighted by Crippen LogP contribution is 2.09. The van der Waals surface area contributed by atoms with Crippen LogP contribution in [0.1, 0.15) is 39.5 Å². The molecule has 0 spiro atoms. The van der Waals surface area contributed by atoms with Crippen LogP contribution in [0.2, 0.25) is 0 Å². The van der Waals surface area contributed by atoms with Crippen LogP contribution in [0.25, 0.3) is 0 Å². The Morgan fingerprint density at radius 1 is 1.41 bits per heavy atom. The van der Waals surface area contributed by atoms with Crippen LogP contribution >= 0.6 is 0 Å². The van der Waals surface area contributed by atoms with E-state index >= 15 is 0 Å². The summed E-state index contributed by atoms with van der Waals surface area (Å²) in [4.78, 5) is 16.1. The van der Waals surface area contributed by atoms with Crippen molar-refractivity contribution in [3.63, 3.8) is 0 Å². The number of hydrogen-bond acceptors (Lipinski definition) is 3. The van der Waals surface area contributed by atoms with Crippen molar-refractivity contribution in [1.29, 1.82) is 0 Å². The van der Waals surface area contributed by atoms with Gasteiger partial charge in [-0.1, -0.05) is 0 Å². The molecule has 0 radical (unpaired) electrons. The Morgan fingerprint density at radius 2 is 2.12 bits per heavy atom. The smallest absolute Gasteiger partial charge is 0.222 e. The second-order valence-corrected chi connectivity index (χ2v) is 4.87. The maximum Gasteiger partial charge on any atom is 0.222 e. The second kappa shape index (κ2) is 7.67. The number of likely N-dealkylation sites (tertiary alicyclic amines) is 1. The molecular weight excluding hydrogens is 214 g/mol. The van der Waals surface area contributed by atoms with Gasteiger partial charge in [-0.3, -0.25) is 4.79 Å². The van der Waals surface area contributed by atoms with Gasteiger partial charge in [0.1, 0.15) is 0 Å². The van der Waals surface area contributed by atoms with Crippen molar-refractivity contribution in [3.8, 4) is 0 Å². The second-order valence-electron chi connectivity index (χ2n) is 4.87. The van der Waals surface area contributed by atoms with Gasteiger partial charge in [-0.05, 0) is 46.2 Å². The highest BCUT2D eigenvalue weighted by atomic mass is 16.2. The summed E-state index contributed by atoms with van der Waals surface area (Å²) in [7, 11) is 0. The van der Waals surface area contributed by atoms with E-state index in [1.165, 1.54) is 6.42 Å². The lowest BCUT2D eigenvalue weighted by molar-refractivity contribution is -0.131. The van der Waals surface area contributed by atoms with E-state index in [2.05, 4.69) is 4.90 Å². The van der Waals surface area contributed by atoms with Crippen molar-refractivity contribution < 1.29 is 4.79 Å². The Labute approximate surface area is 105 Å². The summed E-state index contributed by atoms with van der Waals surface area (Å²) in [6.45, 7) is 8.87. The van der Waals surface area contributed by atoms with Crippen molar-refractivity contribution in [2.45, 2.75) is 45.6 Å². The summed E-state index contributed by atoms with van der Waals surface area (Å²) in [5.41, 5.74) is 5.93. The molecule has 4 heteroatoms. The SMILES string of the molecule is CCN(CC)C(=O)CCCN1CCCC(N)C1. The van der Waals surface area contributed by atoms with Gasteiger partial charge in [0.2, 0.25) is 5.91 Å². The number of nitrogens with zero attached hydrogens (tertiary/aromatic N) is 2. The fraction of sp³-hybridized carbons (Fsp3) is 0.923. The summed E-state index contributed by atoms with van der Waals surface area (Å²) in [6.07, 6.45) is 3.98. The van der Waals surface area contributed by atoms with Gasteiger partial charge < -0.3 is 15.5 Å². The first kappa shape index (κ1) is 14.5. The average molecular weight is 241 g/mol. The van der Waals surface area contributed by atoms with Gasteiger partial charge in [0.15, 0.2) is 0 Å². The van der Waals surface area contributed by atoms with Gasteiger partial charge in [-0.2, -0.15) is 0 Å². The summed E-state index contributed by atoms with van der Waals surface area (Å²) in [6, 6.07) is 0.335. The lowest BCUT2D eigenvalue weighted by Crippen LogP contribution is -2.43. The molecule has 4 nitrogen and oxygen atoms in total. The average Bonchev–Trinajstić information content (AvgIpc) is 2.30. The molecule has 2 N–H and O–H groups in total. The molecule has 0 aromatic carbocycles. The van der Waals surface area contributed by atoms with Crippen LogP contribution in [0.4, 0.5) is 0 Å². The van der Waals surface area contributed by atoms with Crippen LogP contribution in [0.15, 0.2) is 0 Å². The molecule has 1 aliphatic rings. The highest BCUT2D eigenvalue weighted by molar-refractivity contribution is 5.76. The minimum Gasteiger partial charge on any atom is -0.343 e. The number of piperidine rings is 1. The number of hydrogen-bond donors (Lipinski definition) is 1. The third-order valence-electron chi connectivity index (χ3n) is 3.52. The fourth-order valence-electron chi connectivity index (χ4n) is 2.48. The fourth-order valence-corrected chi connectivity index (χ4v) is 2.48. The first-order valence-corrected chi connectivity index (χ1v) is 6.93. The van der Waals surface area contributed by atoms with Crippen LogP contribution in [0.5, 0.6) is 0 Å². The quantitative estimate of drug-likeness (QED) is 0.756. The van der Waals surface area contributed by atoms with Gasteiger partial charge in [-0.15, -0.1) is 0 Å². The molecule has 1 fully saturated rings. The van der Waals surface area contributed by atoms with Crippen LogP contribution in [-0.4, -0.2) is 54.5 Å². The Morgan fingerprint density at radius 3 is 2.71 bits per heavy atom. The van der Waals surface area contributed by atoms with E-state index in [1.54, 1.807) is 0 Å². The van der Waals surface area contributed by atoms with Crippen LogP contribution in [-0.2, 0) is 4.79 Å². The Hall–Kier alpha value is -0.610. The lowest BCUT2D eigenvalue weighted by atomic mass is 10.1. The van der Waals surface area contributed by atoms with Gasteiger partial charge in [0.05, 0.1) is 0 Å². The molecule has 1 unspecified atom stereocenters. The minimum absolute atomic E-state index is 0.288. The zero-order valence-electron chi connectivity index (χ0n) is 11.3. The van der Waals surface area contributed by atoms with Crippen LogP contribution in [0, 0.1) is 0 Å². The first-order valence-electron chi connectivity index (χ1n) is 6.93. The molecule has 1 amide bonds. The number of rotatable bonds is 6. The maximum absolute atomic E-state index is 11.8. The number of carbonyl (C=O) groups is 1. The van der Waals surface area contributed by atoms with Gasteiger partial charge in [0.25, 0.3) is 0 Å². The number of amides is 1. The molecule has 0 saturated carbocycles. The zero-order chi connectivity index (χ0) is 12.7. The molecule has 1 aliphatic heterocycles. The van der Waals surface area contributed by atoms with E-state index in [4.69, 9.17) is 5.73 Å². The van der Waals surface area contributed by atoms with E-state index in [-0.39, 0.29) is 5.91 Å². The third-order valence-corrected chi connectivity index (χ3v) is 3.52. The predicted octanol–water partition coefficient (Wildman–Crippen LogP) is 1.06. The molecule has 1 saturated heterocycles. The predicted molar refractivity (Wildman–Crippen MR) is 70.8 cm³/mol. The largest absolute Gasteiger partial charge is 0.343 e. The molecule has 17 heavy (non-hydrogen) atoms. The van der Waals surface area contributed by atoms with Crippen molar-refractivity contribution >= 4 is 5.91 Å². The van der Waals surface area contributed by atoms with E-state index in [9.17, 15) is 4.79 Å². The van der Waals surface area contributed by atoms with Gasteiger partial charge in [-0.25, -0.2) is 0 Å². The van der Waals surface area contributed by atoms with E-state index in [1.807, 2.05) is 18.7 Å². The summed E-state index contributed by atoms with van der Waals surface area (Å²) >= 11 is 0. The maximum atomic E-state index is 11.8. The minimum atomic E-state index is 0.288. The lowest BCUT2D eigenvalue weighted by Gasteiger charge is -2.30.